The van der Waals surface area contributed by atoms with Crippen LogP contribution in [0.4, 0.5) is 0 Å². The summed E-state index contributed by atoms with van der Waals surface area (Å²) in [5.41, 5.74) is 2.13. The molecule has 4 nitrogen and oxygen atoms in total. The number of carbonyl (C=O) groups is 2. The summed E-state index contributed by atoms with van der Waals surface area (Å²) in [6, 6.07) is 12.8. The second-order valence-electron chi connectivity index (χ2n) is 3.77. The van der Waals surface area contributed by atoms with Gasteiger partial charge in [0.1, 0.15) is 0 Å². The van der Waals surface area contributed by atoms with Crippen LogP contribution in [0.3, 0.4) is 0 Å². The first-order valence-corrected chi connectivity index (χ1v) is 5.25. The van der Waals surface area contributed by atoms with Crippen LogP contribution in [0, 0.1) is 49.4 Å². The van der Waals surface area contributed by atoms with E-state index >= 15 is 0 Å². The van der Waals surface area contributed by atoms with Gasteiger partial charge in [-0.05, 0) is 35.4 Å². The molecule has 19 heavy (non-hydrogen) atoms. The average molecular weight is 394 g/mol. The van der Waals surface area contributed by atoms with Crippen LogP contribution in [0.1, 0.15) is 20.7 Å². The molecule has 0 unspecified atom stereocenters. The smallest absolute Gasteiger partial charge is 0.335 e. The molecule has 1 radical (unpaired) electrons. The second-order valence-corrected chi connectivity index (χ2v) is 3.77. The third-order valence-electron chi connectivity index (χ3n) is 2.60. The Bertz CT molecular complexity index is 532. The first-order valence-electron chi connectivity index (χ1n) is 5.25. The quantitative estimate of drug-likeness (QED) is 0.840. The molecule has 2 rings (SSSR count). The first kappa shape index (κ1) is 16.0. The predicted molar refractivity (Wildman–Crippen MR) is 65.8 cm³/mol. The van der Waals surface area contributed by atoms with Crippen molar-refractivity contribution in [3.05, 3.63) is 59.7 Å². The van der Waals surface area contributed by atoms with Crippen LogP contribution in [0.25, 0.3) is 11.1 Å². The molecule has 5 heteroatoms. The van der Waals surface area contributed by atoms with Gasteiger partial charge in [-0.25, -0.2) is 9.59 Å². The minimum Gasteiger partial charge on any atom is -0.478 e. The van der Waals surface area contributed by atoms with Gasteiger partial charge in [-0.2, -0.15) is 0 Å². The predicted octanol–water partition coefficient (Wildman–Crippen LogP) is 2.75. The molecule has 2 N–H and O–H groups in total. The van der Waals surface area contributed by atoms with Gasteiger partial charge in [0.2, 0.25) is 0 Å². The number of carboxylic acid groups (broad SMARTS) is 2. The van der Waals surface area contributed by atoms with Crippen molar-refractivity contribution in [2.75, 3.05) is 0 Å². The molecule has 0 bridgehead atoms. The number of aromatic carboxylic acids is 2. The Morgan fingerprint density at radius 2 is 0.895 bits per heavy atom. The summed E-state index contributed by atoms with van der Waals surface area (Å²) in [6.45, 7) is 0. The Hall–Kier alpha value is -1.04. The zero-order chi connectivity index (χ0) is 13.1. The van der Waals surface area contributed by atoms with Gasteiger partial charge in [0.05, 0.1) is 11.1 Å². The SMILES string of the molecule is O=C(O)c1ccc(-c2ccc(C(=O)O)cc2)cc1.[Eu]. The molecule has 0 saturated heterocycles. The van der Waals surface area contributed by atoms with Crippen LogP contribution in [0.2, 0.25) is 0 Å². The number of rotatable bonds is 3. The van der Waals surface area contributed by atoms with E-state index in [1.54, 1.807) is 24.3 Å². The standard InChI is InChI=1S/C14H10O4.Eu/c15-13(16)11-5-1-9(2-6-11)10-3-7-12(8-4-10)14(17)18;/h1-8H,(H,15,16)(H,17,18);. The average Bonchev–Trinajstić information content (AvgIpc) is 2.39. The summed E-state index contributed by atoms with van der Waals surface area (Å²) in [4.78, 5) is 21.4. The molecular formula is C14H10EuO4. The van der Waals surface area contributed by atoms with Crippen LogP contribution < -0.4 is 0 Å². The third kappa shape index (κ3) is 3.96. The minimum atomic E-state index is -0.970. The molecule has 0 aromatic heterocycles. The van der Waals surface area contributed by atoms with Crippen LogP contribution in [0.5, 0.6) is 0 Å². The summed E-state index contributed by atoms with van der Waals surface area (Å²) in [5, 5.41) is 17.6. The Labute approximate surface area is 150 Å². The van der Waals surface area contributed by atoms with Crippen LogP contribution >= 0.6 is 0 Å². The molecule has 2 aromatic rings. The van der Waals surface area contributed by atoms with Crippen molar-refractivity contribution in [1.82, 2.24) is 0 Å². The third-order valence-corrected chi connectivity index (χ3v) is 2.60. The second kappa shape index (κ2) is 6.94. The fourth-order valence-electron chi connectivity index (χ4n) is 1.61. The molecule has 0 aliphatic heterocycles. The molecule has 0 heterocycles. The van der Waals surface area contributed by atoms with E-state index in [1.165, 1.54) is 24.3 Å². The van der Waals surface area contributed by atoms with Gasteiger partial charge < -0.3 is 10.2 Å². The number of carboxylic acids is 2. The monoisotopic (exact) mass is 395 g/mol. The maximum atomic E-state index is 10.7. The van der Waals surface area contributed by atoms with Gasteiger partial charge in [0, 0.05) is 49.4 Å². The Morgan fingerprint density at radius 3 is 1.11 bits per heavy atom. The zero-order valence-corrected chi connectivity index (χ0v) is 12.1. The summed E-state index contributed by atoms with van der Waals surface area (Å²) in [5.74, 6) is -1.94. The van der Waals surface area contributed by atoms with Crippen molar-refractivity contribution >= 4 is 11.9 Å². The van der Waals surface area contributed by atoms with E-state index in [0.717, 1.165) is 11.1 Å². The summed E-state index contributed by atoms with van der Waals surface area (Å²) >= 11 is 0. The van der Waals surface area contributed by atoms with Crippen LogP contribution in [-0.4, -0.2) is 22.2 Å². The fourth-order valence-corrected chi connectivity index (χ4v) is 1.61. The molecule has 0 amide bonds. The molecule has 0 aliphatic rings. The van der Waals surface area contributed by atoms with E-state index in [-0.39, 0.29) is 60.5 Å². The van der Waals surface area contributed by atoms with Crippen molar-refractivity contribution in [2.45, 2.75) is 0 Å². The number of benzene rings is 2. The van der Waals surface area contributed by atoms with Gasteiger partial charge in [-0.3, -0.25) is 0 Å². The van der Waals surface area contributed by atoms with Gasteiger partial charge in [0.15, 0.2) is 0 Å². The minimum absolute atomic E-state index is 0. The molecule has 97 valence electrons. The van der Waals surface area contributed by atoms with E-state index in [4.69, 9.17) is 10.2 Å². The largest absolute Gasteiger partial charge is 0.478 e. The van der Waals surface area contributed by atoms with E-state index in [0.29, 0.717) is 0 Å². The molecule has 2 aromatic carbocycles. The summed E-state index contributed by atoms with van der Waals surface area (Å²) < 4.78 is 0. The van der Waals surface area contributed by atoms with E-state index in [9.17, 15) is 9.59 Å². The molecule has 0 atom stereocenters. The first-order chi connectivity index (χ1) is 8.58. The van der Waals surface area contributed by atoms with Crippen LogP contribution in [-0.2, 0) is 0 Å². The Morgan fingerprint density at radius 1 is 0.632 bits per heavy atom. The van der Waals surface area contributed by atoms with Crippen molar-refractivity contribution in [1.29, 1.82) is 0 Å². The number of hydrogen-bond acceptors (Lipinski definition) is 2. The molecule has 0 aliphatic carbocycles. The van der Waals surface area contributed by atoms with Crippen molar-refractivity contribution in [3.8, 4) is 11.1 Å². The maximum Gasteiger partial charge on any atom is 0.335 e. The molecule has 0 saturated carbocycles. The number of hydrogen-bond donors (Lipinski definition) is 2. The molecule has 0 spiro atoms. The van der Waals surface area contributed by atoms with Crippen molar-refractivity contribution in [3.63, 3.8) is 0 Å². The fraction of sp³-hybridized carbons (Fsp3) is 0. The Balaban J connectivity index is 0.00000180. The normalized spacial score (nSPS) is 9.47. The molecule has 0 fully saturated rings. The van der Waals surface area contributed by atoms with Gasteiger partial charge in [0.25, 0.3) is 0 Å². The van der Waals surface area contributed by atoms with Gasteiger partial charge in [-0.1, -0.05) is 24.3 Å². The molecular weight excluding hydrogens is 384 g/mol. The summed E-state index contributed by atoms with van der Waals surface area (Å²) in [7, 11) is 0. The maximum absolute atomic E-state index is 10.7. The summed E-state index contributed by atoms with van der Waals surface area (Å²) in [6.07, 6.45) is 0. The van der Waals surface area contributed by atoms with Crippen molar-refractivity contribution < 1.29 is 69.2 Å². The van der Waals surface area contributed by atoms with E-state index in [2.05, 4.69) is 0 Å². The Kier molecular flexibility index (Phi) is 5.85. The van der Waals surface area contributed by atoms with E-state index < -0.39 is 11.9 Å². The van der Waals surface area contributed by atoms with Gasteiger partial charge >= 0.3 is 11.9 Å². The topological polar surface area (TPSA) is 74.6 Å². The van der Waals surface area contributed by atoms with E-state index in [1.807, 2.05) is 0 Å². The van der Waals surface area contributed by atoms with Crippen molar-refractivity contribution in [2.24, 2.45) is 0 Å². The zero-order valence-electron chi connectivity index (χ0n) is 9.71. The van der Waals surface area contributed by atoms with Crippen LogP contribution in [0.15, 0.2) is 48.5 Å². The van der Waals surface area contributed by atoms with Gasteiger partial charge in [-0.15, -0.1) is 0 Å².